The number of anilines is 2. The standard InChI is InChI=1S/C15H16FN3O/c1-10-4-5-11(8-14(10)19(2)3)18-15(20)12-6-7-17-9-13(12)16/h4-9H,1-3H3,(H,18,20). The third-order valence-corrected chi connectivity index (χ3v) is 2.97. The monoisotopic (exact) mass is 273 g/mol. The predicted octanol–water partition coefficient (Wildman–Crippen LogP) is 2.85. The lowest BCUT2D eigenvalue weighted by atomic mass is 10.1. The molecule has 2 aromatic rings. The number of rotatable bonds is 3. The summed E-state index contributed by atoms with van der Waals surface area (Å²) < 4.78 is 13.5. The number of aromatic nitrogens is 1. The Balaban J connectivity index is 2.25. The molecule has 0 saturated heterocycles. The molecule has 1 N–H and O–H groups in total. The molecule has 0 spiro atoms. The zero-order chi connectivity index (χ0) is 14.7. The number of hydrogen-bond donors (Lipinski definition) is 1. The molecular weight excluding hydrogens is 257 g/mol. The number of pyridine rings is 1. The highest BCUT2D eigenvalue weighted by Gasteiger charge is 2.12. The van der Waals surface area contributed by atoms with E-state index in [9.17, 15) is 9.18 Å². The fourth-order valence-corrected chi connectivity index (χ4v) is 1.93. The van der Waals surface area contributed by atoms with Crippen LogP contribution in [0.25, 0.3) is 0 Å². The molecular formula is C15H16FN3O. The van der Waals surface area contributed by atoms with Crippen LogP contribution in [-0.2, 0) is 0 Å². The van der Waals surface area contributed by atoms with E-state index in [1.165, 1.54) is 12.3 Å². The van der Waals surface area contributed by atoms with Crippen LogP contribution < -0.4 is 10.2 Å². The van der Waals surface area contributed by atoms with E-state index in [2.05, 4.69) is 10.3 Å². The molecule has 0 aliphatic heterocycles. The highest BCUT2D eigenvalue weighted by molar-refractivity contribution is 6.04. The van der Waals surface area contributed by atoms with Crippen molar-refractivity contribution in [1.82, 2.24) is 4.98 Å². The van der Waals surface area contributed by atoms with Crippen molar-refractivity contribution in [3.05, 3.63) is 53.6 Å². The van der Waals surface area contributed by atoms with Gasteiger partial charge in [0.25, 0.3) is 5.91 Å². The first-order chi connectivity index (χ1) is 9.49. The molecule has 1 heterocycles. The van der Waals surface area contributed by atoms with Crippen LogP contribution in [0.2, 0.25) is 0 Å². The predicted molar refractivity (Wildman–Crippen MR) is 77.7 cm³/mol. The molecule has 5 heteroatoms. The van der Waals surface area contributed by atoms with Crippen LogP contribution in [0.15, 0.2) is 36.7 Å². The number of amides is 1. The second-order valence-corrected chi connectivity index (χ2v) is 4.71. The number of hydrogen-bond acceptors (Lipinski definition) is 3. The first-order valence-corrected chi connectivity index (χ1v) is 6.18. The van der Waals surface area contributed by atoms with Gasteiger partial charge in [0.05, 0.1) is 11.8 Å². The number of nitrogens with zero attached hydrogens (tertiary/aromatic N) is 2. The highest BCUT2D eigenvalue weighted by Crippen LogP contribution is 2.23. The van der Waals surface area contributed by atoms with E-state index >= 15 is 0 Å². The first kappa shape index (κ1) is 14.0. The van der Waals surface area contributed by atoms with Crippen molar-refractivity contribution in [2.75, 3.05) is 24.3 Å². The maximum atomic E-state index is 13.5. The molecule has 20 heavy (non-hydrogen) atoms. The zero-order valence-electron chi connectivity index (χ0n) is 11.6. The summed E-state index contributed by atoms with van der Waals surface area (Å²) in [5.74, 6) is -1.12. The van der Waals surface area contributed by atoms with Crippen LogP contribution in [-0.4, -0.2) is 25.0 Å². The Morgan fingerprint density at radius 3 is 2.70 bits per heavy atom. The first-order valence-electron chi connectivity index (χ1n) is 6.18. The smallest absolute Gasteiger partial charge is 0.258 e. The zero-order valence-corrected chi connectivity index (χ0v) is 11.6. The van der Waals surface area contributed by atoms with Crippen LogP contribution in [0.1, 0.15) is 15.9 Å². The van der Waals surface area contributed by atoms with Crippen molar-refractivity contribution in [2.24, 2.45) is 0 Å². The Hall–Kier alpha value is -2.43. The molecule has 1 aromatic heterocycles. The largest absolute Gasteiger partial charge is 0.377 e. The van der Waals surface area contributed by atoms with Gasteiger partial charge in [0, 0.05) is 31.7 Å². The second-order valence-electron chi connectivity index (χ2n) is 4.71. The molecule has 0 bridgehead atoms. The Kier molecular flexibility index (Phi) is 3.98. The van der Waals surface area contributed by atoms with E-state index < -0.39 is 11.7 Å². The third kappa shape index (κ3) is 2.93. The van der Waals surface area contributed by atoms with Crippen LogP contribution >= 0.6 is 0 Å². The summed E-state index contributed by atoms with van der Waals surface area (Å²) >= 11 is 0. The van der Waals surface area contributed by atoms with Crippen molar-refractivity contribution >= 4 is 17.3 Å². The molecule has 4 nitrogen and oxygen atoms in total. The van der Waals surface area contributed by atoms with Gasteiger partial charge in [-0.05, 0) is 30.7 Å². The normalized spacial score (nSPS) is 10.2. The highest BCUT2D eigenvalue weighted by atomic mass is 19.1. The second kappa shape index (κ2) is 5.69. The number of nitrogens with one attached hydrogen (secondary N) is 1. The van der Waals surface area contributed by atoms with Gasteiger partial charge in [-0.1, -0.05) is 6.07 Å². The Labute approximate surface area is 117 Å². The summed E-state index contributed by atoms with van der Waals surface area (Å²) in [6.45, 7) is 1.99. The quantitative estimate of drug-likeness (QED) is 0.935. The average molecular weight is 273 g/mol. The third-order valence-electron chi connectivity index (χ3n) is 2.97. The van der Waals surface area contributed by atoms with Crippen molar-refractivity contribution in [3.63, 3.8) is 0 Å². The molecule has 0 unspecified atom stereocenters. The van der Waals surface area contributed by atoms with E-state index in [0.29, 0.717) is 5.69 Å². The van der Waals surface area contributed by atoms with Crippen LogP contribution in [0.4, 0.5) is 15.8 Å². The minimum absolute atomic E-state index is 0.0213. The fraction of sp³-hybridized carbons (Fsp3) is 0.200. The number of halogens is 1. The minimum atomic E-state index is -0.634. The Morgan fingerprint density at radius 1 is 1.30 bits per heavy atom. The summed E-state index contributed by atoms with van der Waals surface area (Å²) in [5, 5.41) is 2.69. The van der Waals surface area contributed by atoms with E-state index in [1.54, 1.807) is 6.07 Å². The maximum Gasteiger partial charge on any atom is 0.258 e. The van der Waals surface area contributed by atoms with Gasteiger partial charge < -0.3 is 10.2 Å². The van der Waals surface area contributed by atoms with Crippen molar-refractivity contribution in [1.29, 1.82) is 0 Å². The molecule has 0 saturated carbocycles. The number of aryl methyl sites for hydroxylation is 1. The van der Waals surface area contributed by atoms with E-state index in [1.807, 2.05) is 38.1 Å². The van der Waals surface area contributed by atoms with Gasteiger partial charge in [0.15, 0.2) is 5.82 Å². The summed E-state index contributed by atoms with van der Waals surface area (Å²) in [6.07, 6.45) is 2.41. The lowest BCUT2D eigenvalue weighted by molar-refractivity contribution is 0.102. The molecule has 1 aromatic carbocycles. The Bertz CT molecular complexity index is 641. The molecule has 104 valence electrons. The van der Waals surface area contributed by atoms with Crippen LogP contribution in [0.5, 0.6) is 0 Å². The van der Waals surface area contributed by atoms with Gasteiger partial charge in [0.1, 0.15) is 0 Å². The topological polar surface area (TPSA) is 45.2 Å². The molecule has 0 aliphatic carbocycles. The molecule has 2 rings (SSSR count). The number of carbonyl (C=O) groups is 1. The fourth-order valence-electron chi connectivity index (χ4n) is 1.93. The number of carbonyl (C=O) groups excluding carboxylic acids is 1. The summed E-state index contributed by atoms with van der Waals surface area (Å²) in [4.78, 5) is 17.6. The maximum absolute atomic E-state index is 13.5. The van der Waals surface area contributed by atoms with Gasteiger partial charge in [-0.25, -0.2) is 4.39 Å². The van der Waals surface area contributed by atoms with Gasteiger partial charge in [-0.15, -0.1) is 0 Å². The van der Waals surface area contributed by atoms with Gasteiger partial charge in [-0.3, -0.25) is 9.78 Å². The Morgan fingerprint density at radius 2 is 2.05 bits per heavy atom. The number of benzene rings is 1. The van der Waals surface area contributed by atoms with E-state index in [-0.39, 0.29) is 5.56 Å². The van der Waals surface area contributed by atoms with E-state index in [4.69, 9.17) is 0 Å². The summed E-state index contributed by atoms with van der Waals surface area (Å²) in [6, 6.07) is 6.91. The molecule has 0 atom stereocenters. The van der Waals surface area contributed by atoms with Crippen LogP contribution in [0, 0.1) is 12.7 Å². The lowest BCUT2D eigenvalue weighted by Crippen LogP contribution is -2.15. The minimum Gasteiger partial charge on any atom is -0.377 e. The van der Waals surface area contributed by atoms with Crippen molar-refractivity contribution in [2.45, 2.75) is 6.92 Å². The van der Waals surface area contributed by atoms with Crippen molar-refractivity contribution in [3.8, 4) is 0 Å². The summed E-state index contributed by atoms with van der Waals surface area (Å²) in [5.41, 5.74) is 2.70. The molecule has 1 amide bonds. The van der Waals surface area contributed by atoms with Crippen LogP contribution in [0.3, 0.4) is 0 Å². The summed E-state index contributed by atoms with van der Waals surface area (Å²) in [7, 11) is 3.85. The van der Waals surface area contributed by atoms with E-state index in [0.717, 1.165) is 17.4 Å². The van der Waals surface area contributed by atoms with Crippen molar-refractivity contribution < 1.29 is 9.18 Å². The molecule has 0 radical (unpaired) electrons. The van der Waals surface area contributed by atoms with Gasteiger partial charge in [-0.2, -0.15) is 0 Å². The molecule has 0 aliphatic rings. The molecule has 0 fully saturated rings. The average Bonchev–Trinajstić information content (AvgIpc) is 2.41. The SMILES string of the molecule is Cc1ccc(NC(=O)c2ccncc2F)cc1N(C)C. The van der Waals surface area contributed by atoms with Gasteiger partial charge in [0.2, 0.25) is 0 Å². The van der Waals surface area contributed by atoms with Gasteiger partial charge >= 0.3 is 0 Å². The lowest BCUT2D eigenvalue weighted by Gasteiger charge is -2.17.